The van der Waals surface area contributed by atoms with Crippen LogP contribution in [-0.2, 0) is 9.59 Å². The maximum Gasteiger partial charge on any atom is 0.329 e. The molecule has 1 amide bonds. The van der Waals surface area contributed by atoms with E-state index in [1.54, 1.807) is 12.1 Å². The van der Waals surface area contributed by atoms with Crippen molar-refractivity contribution in [3.8, 4) is 0 Å². The number of halogens is 1. The van der Waals surface area contributed by atoms with E-state index >= 15 is 0 Å². The van der Waals surface area contributed by atoms with Gasteiger partial charge in [0.25, 0.3) is 0 Å². The summed E-state index contributed by atoms with van der Waals surface area (Å²) in [6, 6.07) is 6.03. The molecule has 0 radical (unpaired) electrons. The van der Waals surface area contributed by atoms with Crippen LogP contribution in [0.15, 0.2) is 29.2 Å². The summed E-state index contributed by atoms with van der Waals surface area (Å²) >= 11 is 1.43. The van der Waals surface area contributed by atoms with Crippen LogP contribution < -0.4 is 5.32 Å². The van der Waals surface area contributed by atoms with Gasteiger partial charge in [0.05, 0.1) is 0 Å². The fourth-order valence-electron chi connectivity index (χ4n) is 1.89. The Morgan fingerprint density at radius 3 is 2.48 bits per heavy atom. The van der Waals surface area contributed by atoms with E-state index in [1.807, 2.05) is 6.92 Å². The van der Waals surface area contributed by atoms with E-state index in [4.69, 9.17) is 0 Å². The molecule has 6 heteroatoms. The van der Waals surface area contributed by atoms with Crippen molar-refractivity contribution in [2.75, 3.05) is 5.75 Å². The number of amides is 1. The fraction of sp³-hybridized carbons (Fsp3) is 0.467. The van der Waals surface area contributed by atoms with Crippen molar-refractivity contribution in [2.45, 2.75) is 43.5 Å². The van der Waals surface area contributed by atoms with E-state index in [0.717, 1.165) is 4.90 Å². The van der Waals surface area contributed by atoms with Crippen LogP contribution in [0.3, 0.4) is 0 Å². The zero-order chi connectivity index (χ0) is 15.9. The number of carboxylic acids is 1. The summed E-state index contributed by atoms with van der Waals surface area (Å²) in [5.41, 5.74) is -1.22. The second-order valence-electron chi connectivity index (χ2n) is 4.99. The molecule has 1 rings (SSSR count). The molecule has 0 spiro atoms. The lowest BCUT2D eigenvalue weighted by atomic mass is 9.96. The first-order chi connectivity index (χ1) is 9.87. The molecule has 21 heavy (non-hydrogen) atoms. The van der Waals surface area contributed by atoms with Gasteiger partial charge in [0.2, 0.25) is 5.91 Å². The molecule has 0 aromatic heterocycles. The number of carbonyl (C=O) groups is 2. The zero-order valence-electron chi connectivity index (χ0n) is 12.2. The molecule has 1 unspecified atom stereocenters. The number of benzene rings is 1. The summed E-state index contributed by atoms with van der Waals surface area (Å²) in [5.74, 6) is -1.10. The van der Waals surface area contributed by atoms with Crippen LogP contribution in [0, 0.1) is 5.82 Å². The van der Waals surface area contributed by atoms with Crippen molar-refractivity contribution in [3.63, 3.8) is 0 Å². The van der Waals surface area contributed by atoms with Gasteiger partial charge in [-0.1, -0.05) is 13.3 Å². The van der Waals surface area contributed by atoms with E-state index in [0.29, 0.717) is 18.6 Å². The number of rotatable bonds is 8. The number of hydrogen-bond acceptors (Lipinski definition) is 3. The van der Waals surface area contributed by atoms with E-state index < -0.39 is 11.5 Å². The van der Waals surface area contributed by atoms with E-state index in [1.165, 1.54) is 30.8 Å². The number of aliphatic carboxylic acids is 1. The molecule has 0 bridgehead atoms. The van der Waals surface area contributed by atoms with Gasteiger partial charge in [0.1, 0.15) is 11.4 Å². The van der Waals surface area contributed by atoms with Crippen LogP contribution in [0.4, 0.5) is 4.39 Å². The Morgan fingerprint density at radius 1 is 1.33 bits per heavy atom. The average molecular weight is 313 g/mol. The third-order valence-corrected chi connectivity index (χ3v) is 4.06. The highest BCUT2D eigenvalue weighted by atomic mass is 32.2. The Labute approximate surface area is 128 Å². The standard InChI is InChI=1S/C15H20FNO3S/c1-3-9-15(2,14(19)20)17-13(18)8-10-21-12-6-4-11(16)5-7-12/h4-7H,3,8-10H2,1-2H3,(H,17,18)(H,19,20). The number of carbonyl (C=O) groups excluding carboxylic acids is 1. The maximum absolute atomic E-state index is 12.7. The molecule has 0 heterocycles. The number of thioether (sulfide) groups is 1. The average Bonchev–Trinajstić information content (AvgIpc) is 2.41. The SMILES string of the molecule is CCCC(C)(NC(=O)CCSc1ccc(F)cc1)C(=O)O. The third-order valence-electron chi connectivity index (χ3n) is 3.05. The largest absolute Gasteiger partial charge is 0.480 e. The number of nitrogens with one attached hydrogen (secondary N) is 1. The van der Waals surface area contributed by atoms with Crippen molar-refractivity contribution in [1.29, 1.82) is 0 Å². The molecule has 1 aromatic rings. The van der Waals surface area contributed by atoms with Crippen LogP contribution in [0.5, 0.6) is 0 Å². The Hall–Kier alpha value is -1.56. The van der Waals surface area contributed by atoms with Gasteiger partial charge < -0.3 is 10.4 Å². The summed E-state index contributed by atoms with van der Waals surface area (Å²) in [6.07, 6.45) is 1.28. The Bertz CT molecular complexity index is 492. The Morgan fingerprint density at radius 2 is 1.95 bits per heavy atom. The molecule has 0 fully saturated rings. The highest BCUT2D eigenvalue weighted by molar-refractivity contribution is 7.99. The van der Waals surface area contributed by atoms with E-state index in [2.05, 4.69) is 5.32 Å². The van der Waals surface area contributed by atoms with E-state index in [-0.39, 0.29) is 18.1 Å². The number of carboxylic acid groups (broad SMARTS) is 1. The lowest BCUT2D eigenvalue weighted by Gasteiger charge is -2.25. The van der Waals surface area contributed by atoms with Crippen LogP contribution in [0.2, 0.25) is 0 Å². The molecule has 2 N–H and O–H groups in total. The van der Waals surface area contributed by atoms with Gasteiger partial charge in [-0.3, -0.25) is 4.79 Å². The second-order valence-corrected chi connectivity index (χ2v) is 6.16. The Balaban J connectivity index is 2.43. The zero-order valence-corrected chi connectivity index (χ0v) is 13.0. The first-order valence-corrected chi connectivity index (χ1v) is 7.78. The van der Waals surface area contributed by atoms with Crippen molar-refractivity contribution in [2.24, 2.45) is 0 Å². The molecule has 0 aliphatic carbocycles. The molecule has 0 aliphatic heterocycles. The fourth-order valence-corrected chi connectivity index (χ4v) is 2.74. The summed E-state index contributed by atoms with van der Waals surface area (Å²) in [6.45, 7) is 3.39. The maximum atomic E-state index is 12.7. The van der Waals surface area contributed by atoms with Gasteiger partial charge in [-0.25, -0.2) is 9.18 Å². The molecule has 0 aliphatic rings. The predicted molar refractivity (Wildman–Crippen MR) is 80.8 cm³/mol. The lowest BCUT2D eigenvalue weighted by Crippen LogP contribution is -2.52. The summed E-state index contributed by atoms with van der Waals surface area (Å²) < 4.78 is 12.7. The predicted octanol–water partition coefficient (Wildman–Crippen LogP) is 3.07. The van der Waals surface area contributed by atoms with Gasteiger partial charge in [0, 0.05) is 17.1 Å². The Kier molecular flexibility index (Phi) is 6.68. The first-order valence-electron chi connectivity index (χ1n) is 6.80. The highest BCUT2D eigenvalue weighted by Crippen LogP contribution is 2.19. The monoisotopic (exact) mass is 313 g/mol. The lowest BCUT2D eigenvalue weighted by molar-refractivity contribution is -0.147. The smallest absolute Gasteiger partial charge is 0.329 e. The van der Waals surface area contributed by atoms with Crippen molar-refractivity contribution >= 4 is 23.6 Å². The molecular formula is C15H20FNO3S. The minimum atomic E-state index is -1.22. The van der Waals surface area contributed by atoms with Crippen LogP contribution in [0.25, 0.3) is 0 Å². The first kappa shape index (κ1) is 17.5. The molecular weight excluding hydrogens is 293 g/mol. The van der Waals surface area contributed by atoms with Gasteiger partial charge in [-0.15, -0.1) is 11.8 Å². The summed E-state index contributed by atoms with van der Waals surface area (Å²) in [4.78, 5) is 23.9. The number of hydrogen-bond donors (Lipinski definition) is 2. The van der Waals surface area contributed by atoms with Gasteiger partial charge in [0.15, 0.2) is 0 Å². The molecule has 0 saturated carbocycles. The van der Waals surface area contributed by atoms with Crippen molar-refractivity contribution in [3.05, 3.63) is 30.1 Å². The summed E-state index contributed by atoms with van der Waals surface area (Å²) in [7, 11) is 0. The topological polar surface area (TPSA) is 66.4 Å². The highest BCUT2D eigenvalue weighted by Gasteiger charge is 2.33. The molecule has 0 saturated heterocycles. The van der Waals surface area contributed by atoms with Gasteiger partial charge in [-0.2, -0.15) is 0 Å². The summed E-state index contributed by atoms with van der Waals surface area (Å²) in [5, 5.41) is 11.8. The normalized spacial score (nSPS) is 13.5. The molecule has 1 atom stereocenters. The van der Waals surface area contributed by atoms with Crippen molar-refractivity contribution in [1.82, 2.24) is 5.32 Å². The second kappa shape index (κ2) is 8.02. The van der Waals surface area contributed by atoms with E-state index in [9.17, 15) is 19.1 Å². The van der Waals surface area contributed by atoms with Crippen LogP contribution in [0.1, 0.15) is 33.1 Å². The van der Waals surface area contributed by atoms with Crippen LogP contribution in [-0.4, -0.2) is 28.3 Å². The van der Waals surface area contributed by atoms with Gasteiger partial charge in [-0.05, 0) is 37.6 Å². The minimum absolute atomic E-state index is 0.217. The molecule has 1 aromatic carbocycles. The van der Waals surface area contributed by atoms with Gasteiger partial charge >= 0.3 is 5.97 Å². The third kappa shape index (κ3) is 5.75. The van der Waals surface area contributed by atoms with Crippen molar-refractivity contribution < 1.29 is 19.1 Å². The quantitative estimate of drug-likeness (QED) is 0.724. The molecule has 116 valence electrons. The van der Waals surface area contributed by atoms with Crippen LogP contribution >= 0.6 is 11.8 Å². The minimum Gasteiger partial charge on any atom is -0.480 e. The molecule has 4 nitrogen and oxygen atoms in total.